The van der Waals surface area contributed by atoms with Crippen molar-refractivity contribution in [2.24, 2.45) is 0 Å². The van der Waals surface area contributed by atoms with Crippen molar-refractivity contribution < 1.29 is 0 Å². The van der Waals surface area contributed by atoms with Crippen LogP contribution < -0.4 is 4.90 Å². The van der Waals surface area contributed by atoms with Crippen LogP contribution >= 0.6 is 0 Å². The smallest absolute Gasteiger partial charge is 0.0732 e. The Bertz CT molecular complexity index is 774. The summed E-state index contributed by atoms with van der Waals surface area (Å²) in [6.45, 7) is 8.49. The van der Waals surface area contributed by atoms with Gasteiger partial charge in [0.25, 0.3) is 0 Å². The van der Waals surface area contributed by atoms with Crippen LogP contribution in [0.4, 0.5) is 5.69 Å². The number of fused-ring (bicyclic) bond motifs is 1. The standard InChI is InChI=1S/C20H22N2/c1-4-22(5-2)20-13-15(3)21-19-14-17(11-12-18(19)20)16-9-7-6-8-10-16/h6-14H,4-5H2,1-3H3. The molecule has 112 valence electrons. The van der Waals surface area contributed by atoms with Gasteiger partial charge in [0.15, 0.2) is 0 Å². The zero-order chi connectivity index (χ0) is 15.5. The number of benzene rings is 2. The van der Waals surface area contributed by atoms with Crippen molar-refractivity contribution in [1.82, 2.24) is 4.98 Å². The van der Waals surface area contributed by atoms with Gasteiger partial charge in [0.05, 0.1) is 5.52 Å². The predicted octanol–water partition coefficient (Wildman–Crippen LogP) is 5.06. The van der Waals surface area contributed by atoms with Gasteiger partial charge >= 0.3 is 0 Å². The summed E-state index contributed by atoms with van der Waals surface area (Å²) in [5, 5.41) is 1.23. The monoisotopic (exact) mass is 290 g/mol. The second-order valence-corrected chi connectivity index (χ2v) is 5.55. The number of aromatic nitrogens is 1. The summed E-state index contributed by atoms with van der Waals surface area (Å²) in [7, 11) is 0. The van der Waals surface area contributed by atoms with Gasteiger partial charge in [-0.15, -0.1) is 0 Å². The number of hydrogen-bond donors (Lipinski definition) is 0. The zero-order valence-corrected chi connectivity index (χ0v) is 13.5. The van der Waals surface area contributed by atoms with E-state index in [1.165, 1.54) is 22.2 Å². The molecule has 0 aliphatic carbocycles. The van der Waals surface area contributed by atoms with Gasteiger partial charge in [-0.05, 0) is 44.0 Å². The first-order valence-electron chi connectivity index (χ1n) is 7.94. The van der Waals surface area contributed by atoms with Gasteiger partial charge in [0.1, 0.15) is 0 Å². The highest BCUT2D eigenvalue weighted by Crippen LogP contribution is 2.30. The van der Waals surface area contributed by atoms with E-state index in [2.05, 4.69) is 74.2 Å². The van der Waals surface area contributed by atoms with Crippen molar-refractivity contribution in [2.75, 3.05) is 18.0 Å². The summed E-state index contributed by atoms with van der Waals surface area (Å²) in [6.07, 6.45) is 0. The summed E-state index contributed by atoms with van der Waals surface area (Å²) in [6, 6.07) is 19.3. The fourth-order valence-corrected chi connectivity index (χ4v) is 2.97. The molecule has 1 heterocycles. The second-order valence-electron chi connectivity index (χ2n) is 5.55. The normalized spacial score (nSPS) is 10.9. The third-order valence-corrected chi connectivity index (χ3v) is 4.13. The van der Waals surface area contributed by atoms with E-state index >= 15 is 0 Å². The molecular formula is C20H22N2. The van der Waals surface area contributed by atoms with Gasteiger partial charge in [-0.25, -0.2) is 0 Å². The van der Waals surface area contributed by atoms with Crippen LogP contribution in [-0.4, -0.2) is 18.1 Å². The maximum absolute atomic E-state index is 4.75. The van der Waals surface area contributed by atoms with E-state index < -0.39 is 0 Å². The molecule has 0 unspecified atom stereocenters. The van der Waals surface area contributed by atoms with Crippen molar-refractivity contribution in [1.29, 1.82) is 0 Å². The molecule has 2 nitrogen and oxygen atoms in total. The Morgan fingerprint density at radius 1 is 0.864 bits per heavy atom. The highest BCUT2D eigenvalue weighted by Gasteiger charge is 2.10. The Balaban J connectivity index is 2.17. The number of rotatable bonds is 4. The maximum Gasteiger partial charge on any atom is 0.0732 e. The van der Waals surface area contributed by atoms with Crippen molar-refractivity contribution in [3.63, 3.8) is 0 Å². The first-order chi connectivity index (χ1) is 10.7. The number of pyridine rings is 1. The minimum atomic E-state index is 1.01. The predicted molar refractivity (Wildman–Crippen MR) is 95.5 cm³/mol. The number of hydrogen-bond acceptors (Lipinski definition) is 2. The second kappa shape index (κ2) is 6.18. The molecule has 0 bridgehead atoms. The molecule has 0 amide bonds. The quantitative estimate of drug-likeness (QED) is 0.668. The molecule has 3 aromatic rings. The van der Waals surface area contributed by atoms with Crippen molar-refractivity contribution >= 4 is 16.6 Å². The Morgan fingerprint density at radius 2 is 1.59 bits per heavy atom. The van der Waals surface area contributed by atoms with Crippen molar-refractivity contribution in [3.8, 4) is 11.1 Å². The molecule has 0 fully saturated rings. The summed E-state index contributed by atoms with van der Waals surface area (Å²) in [5.41, 5.74) is 5.88. The molecule has 0 saturated heterocycles. The summed E-state index contributed by atoms with van der Waals surface area (Å²) < 4.78 is 0. The fourth-order valence-electron chi connectivity index (χ4n) is 2.97. The van der Waals surface area contributed by atoms with Crippen LogP contribution in [0.5, 0.6) is 0 Å². The summed E-state index contributed by atoms with van der Waals surface area (Å²) >= 11 is 0. The van der Waals surface area contributed by atoms with Crippen molar-refractivity contribution in [2.45, 2.75) is 20.8 Å². The molecule has 2 heteroatoms. The molecule has 0 aliphatic heterocycles. The lowest BCUT2D eigenvalue weighted by molar-refractivity contribution is 0.868. The van der Waals surface area contributed by atoms with Crippen LogP contribution in [0.15, 0.2) is 54.6 Å². The lowest BCUT2D eigenvalue weighted by Crippen LogP contribution is -2.22. The number of anilines is 1. The van der Waals surface area contributed by atoms with Gasteiger partial charge in [0.2, 0.25) is 0 Å². The van der Waals surface area contributed by atoms with Crippen LogP contribution in [0.2, 0.25) is 0 Å². The van der Waals surface area contributed by atoms with Crippen LogP contribution in [0.1, 0.15) is 19.5 Å². The largest absolute Gasteiger partial charge is 0.371 e. The van der Waals surface area contributed by atoms with Gasteiger partial charge in [0, 0.05) is 29.9 Å². The molecule has 0 saturated carbocycles. The lowest BCUT2D eigenvalue weighted by atomic mass is 10.0. The first-order valence-corrected chi connectivity index (χ1v) is 7.94. The van der Waals surface area contributed by atoms with E-state index in [0.29, 0.717) is 0 Å². The third kappa shape index (κ3) is 2.69. The molecule has 0 spiro atoms. The molecule has 0 atom stereocenters. The molecule has 0 radical (unpaired) electrons. The topological polar surface area (TPSA) is 16.1 Å². The Morgan fingerprint density at radius 3 is 2.27 bits per heavy atom. The van der Waals surface area contributed by atoms with Gasteiger partial charge in [-0.2, -0.15) is 0 Å². The van der Waals surface area contributed by atoms with E-state index in [4.69, 9.17) is 4.98 Å². The number of aryl methyl sites for hydroxylation is 1. The lowest BCUT2D eigenvalue weighted by Gasteiger charge is -2.23. The summed E-state index contributed by atoms with van der Waals surface area (Å²) in [5.74, 6) is 0. The highest BCUT2D eigenvalue weighted by molar-refractivity contribution is 5.94. The molecule has 22 heavy (non-hydrogen) atoms. The van der Waals surface area contributed by atoms with E-state index in [-0.39, 0.29) is 0 Å². The van der Waals surface area contributed by atoms with E-state index in [1.807, 2.05) is 6.07 Å². The van der Waals surface area contributed by atoms with Crippen LogP contribution in [-0.2, 0) is 0 Å². The average Bonchev–Trinajstić information content (AvgIpc) is 2.56. The highest BCUT2D eigenvalue weighted by atomic mass is 15.1. The number of nitrogens with zero attached hydrogens (tertiary/aromatic N) is 2. The maximum atomic E-state index is 4.75. The zero-order valence-electron chi connectivity index (χ0n) is 13.5. The fraction of sp³-hybridized carbons (Fsp3) is 0.250. The Labute approximate surface area is 132 Å². The minimum absolute atomic E-state index is 1.01. The average molecular weight is 290 g/mol. The Hall–Kier alpha value is -2.35. The SMILES string of the molecule is CCN(CC)c1cc(C)nc2cc(-c3ccccc3)ccc12. The van der Waals surface area contributed by atoms with Crippen LogP contribution in [0, 0.1) is 6.92 Å². The van der Waals surface area contributed by atoms with Gasteiger partial charge < -0.3 is 4.90 Å². The summed E-state index contributed by atoms with van der Waals surface area (Å²) in [4.78, 5) is 7.13. The van der Waals surface area contributed by atoms with E-state index in [0.717, 1.165) is 24.3 Å². The van der Waals surface area contributed by atoms with E-state index in [1.54, 1.807) is 0 Å². The molecule has 0 N–H and O–H groups in total. The molecule has 3 rings (SSSR count). The Kier molecular flexibility index (Phi) is 4.10. The van der Waals surface area contributed by atoms with Gasteiger partial charge in [-0.3, -0.25) is 4.98 Å². The molecule has 2 aromatic carbocycles. The third-order valence-electron chi connectivity index (χ3n) is 4.13. The van der Waals surface area contributed by atoms with Crippen molar-refractivity contribution in [3.05, 3.63) is 60.3 Å². The van der Waals surface area contributed by atoms with E-state index in [9.17, 15) is 0 Å². The van der Waals surface area contributed by atoms with Crippen LogP contribution in [0.25, 0.3) is 22.0 Å². The first kappa shape index (κ1) is 14.6. The molecular weight excluding hydrogens is 268 g/mol. The van der Waals surface area contributed by atoms with Crippen LogP contribution in [0.3, 0.4) is 0 Å². The molecule has 0 aliphatic rings. The molecule has 1 aromatic heterocycles. The minimum Gasteiger partial charge on any atom is -0.371 e. The van der Waals surface area contributed by atoms with Gasteiger partial charge in [-0.1, -0.05) is 42.5 Å².